The molecule has 0 bridgehead atoms. The van der Waals surface area contributed by atoms with Gasteiger partial charge in [0.05, 0.1) is 0 Å². The van der Waals surface area contributed by atoms with Gasteiger partial charge in [0.1, 0.15) is 11.3 Å². The third-order valence-corrected chi connectivity index (χ3v) is 3.33. The lowest BCUT2D eigenvalue weighted by molar-refractivity contribution is 0.0693. The van der Waals surface area contributed by atoms with Gasteiger partial charge in [0, 0.05) is 0 Å². The number of hydrogen-bond donors (Lipinski definition) is 2. The molecule has 0 unspecified atom stereocenters. The van der Waals surface area contributed by atoms with Gasteiger partial charge in [0.25, 0.3) is 0 Å². The fourth-order valence-electron chi connectivity index (χ4n) is 2.19. The summed E-state index contributed by atoms with van der Waals surface area (Å²) in [6.07, 6.45) is 6.59. The van der Waals surface area contributed by atoms with Crippen molar-refractivity contribution < 1.29 is 15.0 Å². The predicted molar refractivity (Wildman–Crippen MR) is 76.7 cm³/mol. The van der Waals surface area contributed by atoms with Crippen LogP contribution in [0.2, 0.25) is 0 Å². The van der Waals surface area contributed by atoms with Gasteiger partial charge in [-0.05, 0) is 30.4 Å². The second-order valence-corrected chi connectivity index (χ2v) is 5.47. The minimum absolute atomic E-state index is 0.00249. The molecule has 0 radical (unpaired) electrons. The first-order valence-electron chi connectivity index (χ1n) is 7.06. The summed E-state index contributed by atoms with van der Waals surface area (Å²) in [5, 5.41) is 18.8. The van der Waals surface area contributed by atoms with Gasteiger partial charge in [-0.25, -0.2) is 4.79 Å². The van der Waals surface area contributed by atoms with Crippen molar-refractivity contribution in [1.82, 2.24) is 0 Å². The lowest BCUT2D eigenvalue weighted by Gasteiger charge is -2.07. The number of unbranched alkanes of at least 4 members (excludes halogenated alkanes) is 3. The molecule has 2 N–H and O–H groups in total. The number of rotatable bonds is 8. The van der Waals surface area contributed by atoms with E-state index in [9.17, 15) is 9.90 Å². The summed E-state index contributed by atoms with van der Waals surface area (Å²) in [5.74, 6) is -0.384. The second-order valence-electron chi connectivity index (χ2n) is 5.47. The predicted octanol–water partition coefficient (Wildman–Crippen LogP) is 4.24. The molecule has 19 heavy (non-hydrogen) atoms. The standard InChI is InChI=1S/C16H24O3/c1-12(2)8-5-3-4-6-9-13-10-7-11-14(15(13)17)16(18)19/h7,10-12,17H,3-6,8-9H2,1-2H3,(H,18,19). The van der Waals surface area contributed by atoms with Crippen LogP contribution in [-0.4, -0.2) is 16.2 Å². The molecule has 0 heterocycles. The lowest BCUT2D eigenvalue weighted by atomic mass is 10.0. The van der Waals surface area contributed by atoms with E-state index in [0.29, 0.717) is 0 Å². The zero-order valence-electron chi connectivity index (χ0n) is 11.9. The Balaban J connectivity index is 2.37. The second kappa shape index (κ2) is 7.82. The van der Waals surface area contributed by atoms with Crippen LogP contribution in [0, 0.1) is 5.92 Å². The molecule has 0 aliphatic carbocycles. The van der Waals surface area contributed by atoms with E-state index in [0.717, 1.165) is 30.7 Å². The fraction of sp³-hybridized carbons (Fsp3) is 0.562. The number of para-hydroxylation sites is 1. The summed E-state index contributed by atoms with van der Waals surface area (Å²) in [6, 6.07) is 4.93. The highest BCUT2D eigenvalue weighted by molar-refractivity contribution is 5.91. The molecular weight excluding hydrogens is 240 g/mol. The van der Waals surface area contributed by atoms with Gasteiger partial charge in [-0.15, -0.1) is 0 Å². The van der Waals surface area contributed by atoms with E-state index in [-0.39, 0.29) is 11.3 Å². The highest BCUT2D eigenvalue weighted by atomic mass is 16.4. The summed E-state index contributed by atoms with van der Waals surface area (Å²) in [7, 11) is 0. The molecule has 0 atom stereocenters. The van der Waals surface area contributed by atoms with Gasteiger partial charge in [0.15, 0.2) is 0 Å². The van der Waals surface area contributed by atoms with E-state index in [2.05, 4.69) is 13.8 Å². The molecule has 0 aliphatic rings. The Hall–Kier alpha value is -1.51. The van der Waals surface area contributed by atoms with Crippen molar-refractivity contribution in [3.8, 4) is 5.75 Å². The highest BCUT2D eigenvalue weighted by Crippen LogP contribution is 2.24. The average molecular weight is 264 g/mol. The smallest absolute Gasteiger partial charge is 0.339 e. The van der Waals surface area contributed by atoms with Crippen LogP contribution in [0.4, 0.5) is 0 Å². The van der Waals surface area contributed by atoms with Crippen LogP contribution >= 0.6 is 0 Å². The van der Waals surface area contributed by atoms with E-state index in [4.69, 9.17) is 5.11 Å². The number of carboxylic acid groups (broad SMARTS) is 1. The number of carboxylic acids is 1. The zero-order valence-corrected chi connectivity index (χ0v) is 11.9. The minimum atomic E-state index is -1.07. The van der Waals surface area contributed by atoms with E-state index < -0.39 is 5.97 Å². The number of hydrogen-bond acceptors (Lipinski definition) is 2. The largest absolute Gasteiger partial charge is 0.507 e. The maximum atomic E-state index is 10.9. The van der Waals surface area contributed by atoms with Crippen LogP contribution < -0.4 is 0 Å². The van der Waals surface area contributed by atoms with Crippen molar-refractivity contribution in [2.24, 2.45) is 5.92 Å². The Morgan fingerprint density at radius 2 is 1.84 bits per heavy atom. The summed E-state index contributed by atoms with van der Waals surface area (Å²) in [6.45, 7) is 4.46. The average Bonchev–Trinajstić information content (AvgIpc) is 2.34. The molecule has 1 aromatic rings. The molecule has 0 saturated heterocycles. The Labute approximate surface area is 115 Å². The van der Waals surface area contributed by atoms with Crippen LogP contribution in [0.25, 0.3) is 0 Å². The number of benzene rings is 1. The molecule has 0 saturated carbocycles. The molecule has 106 valence electrons. The molecule has 1 aromatic carbocycles. The van der Waals surface area contributed by atoms with Gasteiger partial charge in [-0.2, -0.15) is 0 Å². The molecule has 3 heteroatoms. The molecule has 3 nitrogen and oxygen atoms in total. The van der Waals surface area contributed by atoms with Crippen LogP contribution in [-0.2, 0) is 6.42 Å². The van der Waals surface area contributed by atoms with Gasteiger partial charge in [-0.1, -0.05) is 51.7 Å². The first-order valence-corrected chi connectivity index (χ1v) is 7.06. The Kier molecular flexibility index (Phi) is 6.40. The molecule has 1 rings (SSSR count). The highest BCUT2D eigenvalue weighted by Gasteiger charge is 2.12. The normalized spacial score (nSPS) is 10.9. The lowest BCUT2D eigenvalue weighted by Crippen LogP contribution is -1.99. The van der Waals surface area contributed by atoms with Crippen molar-refractivity contribution in [2.75, 3.05) is 0 Å². The van der Waals surface area contributed by atoms with Crippen molar-refractivity contribution in [3.05, 3.63) is 29.3 Å². The summed E-state index contributed by atoms with van der Waals surface area (Å²) < 4.78 is 0. The number of phenols is 1. The molecular formula is C16H24O3. The molecule has 0 spiro atoms. The zero-order chi connectivity index (χ0) is 14.3. The SMILES string of the molecule is CC(C)CCCCCCc1cccc(C(=O)O)c1O. The fourth-order valence-corrected chi connectivity index (χ4v) is 2.19. The van der Waals surface area contributed by atoms with Gasteiger partial charge >= 0.3 is 5.97 Å². The maximum Gasteiger partial charge on any atom is 0.339 e. The Bertz CT molecular complexity index is 410. The molecule has 0 fully saturated rings. The number of aromatic hydroxyl groups is 1. The van der Waals surface area contributed by atoms with Crippen molar-refractivity contribution in [3.63, 3.8) is 0 Å². The first-order chi connectivity index (χ1) is 9.02. The van der Waals surface area contributed by atoms with E-state index in [1.54, 1.807) is 12.1 Å². The molecule has 0 amide bonds. The third kappa shape index (κ3) is 5.33. The van der Waals surface area contributed by atoms with E-state index in [1.165, 1.54) is 25.3 Å². The van der Waals surface area contributed by atoms with Crippen LogP contribution in [0.5, 0.6) is 5.75 Å². The third-order valence-electron chi connectivity index (χ3n) is 3.33. The van der Waals surface area contributed by atoms with Crippen LogP contribution in [0.1, 0.15) is 61.9 Å². The monoisotopic (exact) mass is 264 g/mol. The Morgan fingerprint density at radius 1 is 1.16 bits per heavy atom. The number of carbonyl (C=O) groups is 1. The van der Waals surface area contributed by atoms with Gasteiger partial charge in [0.2, 0.25) is 0 Å². The first kappa shape index (κ1) is 15.5. The quantitative estimate of drug-likeness (QED) is 0.690. The summed E-state index contributed by atoms with van der Waals surface area (Å²) in [5.41, 5.74) is 0.737. The minimum Gasteiger partial charge on any atom is -0.507 e. The van der Waals surface area contributed by atoms with Gasteiger partial charge < -0.3 is 10.2 Å². The maximum absolute atomic E-state index is 10.9. The molecule has 0 aliphatic heterocycles. The summed E-state index contributed by atoms with van der Waals surface area (Å²) >= 11 is 0. The Morgan fingerprint density at radius 3 is 2.47 bits per heavy atom. The van der Waals surface area contributed by atoms with Crippen molar-refractivity contribution >= 4 is 5.97 Å². The van der Waals surface area contributed by atoms with Gasteiger partial charge in [-0.3, -0.25) is 0 Å². The number of aromatic carboxylic acids is 1. The van der Waals surface area contributed by atoms with Crippen LogP contribution in [0.15, 0.2) is 18.2 Å². The molecule has 0 aromatic heterocycles. The number of aryl methyl sites for hydroxylation is 1. The van der Waals surface area contributed by atoms with E-state index >= 15 is 0 Å². The topological polar surface area (TPSA) is 57.5 Å². The summed E-state index contributed by atoms with van der Waals surface area (Å²) in [4.78, 5) is 10.9. The van der Waals surface area contributed by atoms with E-state index in [1.807, 2.05) is 0 Å². The van der Waals surface area contributed by atoms with Crippen LogP contribution in [0.3, 0.4) is 0 Å². The van der Waals surface area contributed by atoms with Crippen molar-refractivity contribution in [2.45, 2.75) is 52.4 Å². The van der Waals surface area contributed by atoms with Crippen molar-refractivity contribution in [1.29, 1.82) is 0 Å².